The van der Waals surface area contributed by atoms with Gasteiger partial charge < -0.3 is 10.2 Å². The second-order valence-electron chi connectivity index (χ2n) is 7.50. The largest absolute Gasteiger partial charge is 0.379 e. The van der Waals surface area contributed by atoms with Gasteiger partial charge >= 0.3 is 0 Å². The summed E-state index contributed by atoms with van der Waals surface area (Å²) in [7, 11) is 0. The van der Waals surface area contributed by atoms with E-state index in [1.54, 1.807) is 6.20 Å². The van der Waals surface area contributed by atoms with Crippen molar-refractivity contribution in [2.45, 2.75) is 30.8 Å². The van der Waals surface area contributed by atoms with Crippen LogP contribution in [-0.2, 0) is 4.79 Å². The van der Waals surface area contributed by atoms with E-state index in [9.17, 15) is 13.6 Å². The number of halogens is 2. The fourth-order valence-electron chi connectivity index (χ4n) is 4.02. The Hall–Kier alpha value is -2.79. The first-order valence-electron chi connectivity index (χ1n) is 9.34. The molecule has 2 saturated heterocycles. The predicted molar refractivity (Wildman–Crippen MR) is 101 cm³/mol. The van der Waals surface area contributed by atoms with E-state index in [0.717, 1.165) is 27.8 Å². The molecule has 2 aliphatic heterocycles. The first-order chi connectivity index (χ1) is 13.4. The predicted octanol–water partition coefficient (Wildman–Crippen LogP) is 2.48. The van der Waals surface area contributed by atoms with E-state index in [2.05, 4.69) is 10.3 Å². The summed E-state index contributed by atoms with van der Waals surface area (Å²) < 4.78 is 27.1. The van der Waals surface area contributed by atoms with Crippen molar-refractivity contribution in [1.82, 2.24) is 14.8 Å². The molecule has 28 heavy (non-hydrogen) atoms. The fraction of sp³-hybridized carbons (Fsp3) is 0.450. The zero-order chi connectivity index (χ0) is 19.7. The lowest BCUT2D eigenvalue weighted by Gasteiger charge is -2.23. The van der Waals surface area contributed by atoms with Gasteiger partial charge in [0.2, 0.25) is 5.91 Å². The lowest BCUT2D eigenvalue weighted by atomic mass is 10.1. The Morgan fingerprint density at radius 3 is 3.00 bits per heavy atom. The van der Waals surface area contributed by atoms with Crippen LogP contribution in [0.1, 0.15) is 12.8 Å². The third-order valence-corrected chi connectivity index (χ3v) is 5.40. The number of amides is 1. The first kappa shape index (κ1) is 18.6. The van der Waals surface area contributed by atoms with E-state index in [1.165, 1.54) is 0 Å². The van der Waals surface area contributed by atoms with E-state index in [-0.39, 0.29) is 12.6 Å². The Morgan fingerprint density at radius 2 is 2.18 bits per heavy atom. The number of pyridine rings is 1. The molecule has 8 heteroatoms. The molecular weight excluding hydrogens is 364 g/mol. The summed E-state index contributed by atoms with van der Waals surface area (Å²) in [6.07, 6.45) is 3.87. The Labute approximate surface area is 161 Å². The molecule has 0 saturated carbocycles. The maximum absolute atomic E-state index is 13.6. The number of hydrogen-bond donors (Lipinski definition) is 1. The summed E-state index contributed by atoms with van der Waals surface area (Å²) in [5.74, 6) is -3.39. The minimum Gasteiger partial charge on any atom is -0.379 e. The van der Waals surface area contributed by atoms with Gasteiger partial charge in [-0.3, -0.25) is 14.7 Å². The molecular formula is C20H21F2N5O. The summed E-state index contributed by atoms with van der Waals surface area (Å²) in [4.78, 5) is 19.7. The standard InChI is InChI=1S/C20H21F2N5O/c21-20(22)7-16(8-23)27(13-20)19(28)12-26-6-5-15(11-26)25-18-10-24-9-14-3-1-2-4-17(14)18/h1-4,9-10,15-16,25H,5-7,11-13H2/t15-,16-/m0/s1. The van der Waals surface area contributed by atoms with Crippen LogP contribution in [-0.4, -0.2) is 64.9 Å². The Morgan fingerprint density at radius 1 is 1.36 bits per heavy atom. The van der Waals surface area contributed by atoms with Gasteiger partial charge in [-0.15, -0.1) is 0 Å². The molecule has 1 amide bonds. The van der Waals surface area contributed by atoms with Gasteiger partial charge in [0, 0.05) is 42.5 Å². The Kier molecular flexibility index (Phi) is 4.85. The first-order valence-corrected chi connectivity index (χ1v) is 9.34. The van der Waals surface area contributed by atoms with Crippen LogP contribution >= 0.6 is 0 Å². The van der Waals surface area contributed by atoms with Crippen molar-refractivity contribution in [3.63, 3.8) is 0 Å². The van der Waals surface area contributed by atoms with Crippen molar-refractivity contribution < 1.29 is 13.6 Å². The number of carbonyl (C=O) groups excluding carboxylic acids is 1. The number of nitrogens with zero attached hydrogens (tertiary/aromatic N) is 4. The number of nitrogens with one attached hydrogen (secondary N) is 1. The Balaban J connectivity index is 1.37. The molecule has 2 aromatic rings. The molecule has 2 fully saturated rings. The van der Waals surface area contributed by atoms with Crippen LogP contribution < -0.4 is 5.32 Å². The number of alkyl halides is 2. The van der Waals surface area contributed by atoms with E-state index in [4.69, 9.17) is 5.26 Å². The lowest BCUT2D eigenvalue weighted by Crippen LogP contribution is -2.43. The van der Waals surface area contributed by atoms with E-state index >= 15 is 0 Å². The number of likely N-dealkylation sites (tertiary alicyclic amines) is 2. The molecule has 0 radical (unpaired) electrons. The summed E-state index contributed by atoms with van der Waals surface area (Å²) in [6, 6.07) is 8.91. The highest BCUT2D eigenvalue weighted by Crippen LogP contribution is 2.32. The molecule has 0 aliphatic carbocycles. The van der Waals surface area contributed by atoms with E-state index < -0.39 is 30.8 Å². The molecule has 2 atom stereocenters. The highest BCUT2D eigenvalue weighted by atomic mass is 19.3. The maximum atomic E-state index is 13.6. The molecule has 146 valence electrons. The van der Waals surface area contributed by atoms with Gasteiger partial charge in [0.1, 0.15) is 6.04 Å². The molecule has 2 aliphatic rings. The second kappa shape index (κ2) is 7.32. The van der Waals surface area contributed by atoms with Crippen LogP contribution in [0.25, 0.3) is 10.8 Å². The molecule has 0 bridgehead atoms. The SMILES string of the molecule is N#C[C@@H]1CC(F)(F)CN1C(=O)CN1CC[C@H](Nc2cncc3ccccc23)C1. The maximum Gasteiger partial charge on any atom is 0.268 e. The fourth-order valence-corrected chi connectivity index (χ4v) is 4.02. The summed E-state index contributed by atoms with van der Waals surface area (Å²) in [6.45, 7) is 0.723. The zero-order valence-corrected chi connectivity index (χ0v) is 15.3. The summed E-state index contributed by atoms with van der Waals surface area (Å²) >= 11 is 0. The van der Waals surface area contributed by atoms with Crippen LogP contribution in [0.2, 0.25) is 0 Å². The third-order valence-electron chi connectivity index (χ3n) is 5.40. The number of hydrogen-bond acceptors (Lipinski definition) is 5. The molecule has 0 spiro atoms. The van der Waals surface area contributed by atoms with Gasteiger partial charge in [0.05, 0.1) is 31.0 Å². The van der Waals surface area contributed by atoms with Gasteiger partial charge in [0.15, 0.2) is 0 Å². The van der Waals surface area contributed by atoms with Crippen molar-refractivity contribution in [3.05, 3.63) is 36.7 Å². The van der Waals surface area contributed by atoms with Crippen LogP contribution in [0.3, 0.4) is 0 Å². The number of anilines is 1. The van der Waals surface area contributed by atoms with Gasteiger partial charge in [0.25, 0.3) is 5.92 Å². The van der Waals surface area contributed by atoms with E-state index in [1.807, 2.05) is 41.4 Å². The van der Waals surface area contributed by atoms with Gasteiger partial charge in [-0.1, -0.05) is 24.3 Å². The van der Waals surface area contributed by atoms with Crippen molar-refractivity contribution in [2.75, 3.05) is 31.5 Å². The smallest absolute Gasteiger partial charge is 0.268 e. The van der Waals surface area contributed by atoms with Gasteiger partial charge in [-0.05, 0) is 6.42 Å². The quantitative estimate of drug-likeness (QED) is 0.876. The lowest BCUT2D eigenvalue weighted by molar-refractivity contribution is -0.133. The number of rotatable bonds is 4. The van der Waals surface area contributed by atoms with Crippen molar-refractivity contribution in [1.29, 1.82) is 5.26 Å². The zero-order valence-electron chi connectivity index (χ0n) is 15.3. The number of fused-ring (bicyclic) bond motifs is 1. The minimum atomic E-state index is -2.98. The topological polar surface area (TPSA) is 72.3 Å². The van der Waals surface area contributed by atoms with Crippen molar-refractivity contribution >= 4 is 22.4 Å². The Bertz CT molecular complexity index is 923. The van der Waals surface area contributed by atoms with Crippen molar-refractivity contribution in [3.8, 4) is 6.07 Å². The highest BCUT2D eigenvalue weighted by molar-refractivity contribution is 5.92. The average Bonchev–Trinajstić information content (AvgIpc) is 3.25. The monoisotopic (exact) mass is 385 g/mol. The number of nitriles is 1. The molecule has 6 nitrogen and oxygen atoms in total. The third kappa shape index (κ3) is 3.76. The molecule has 4 rings (SSSR count). The van der Waals surface area contributed by atoms with Crippen LogP contribution in [0.15, 0.2) is 36.7 Å². The minimum absolute atomic E-state index is 0.0558. The van der Waals surface area contributed by atoms with E-state index in [0.29, 0.717) is 13.1 Å². The molecule has 1 aromatic heterocycles. The number of carbonyl (C=O) groups is 1. The van der Waals surface area contributed by atoms with Gasteiger partial charge in [-0.25, -0.2) is 8.78 Å². The van der Waals surface area contributed by atoms with Gasteiger partial charge in [-0.2, -0.15) is 5.26 Å². The molecule has 1 aromatic carbocycles. The molecule has 1 N–H and O–H groups in total. The number of benzene rings is 1. The summed E-state index contributed by atoms with van der Waals surface area (Å²) in [5.41, 5.74) is 0.944. The van der Waals surface area contributed by atoms with Crippen LogP contribution in [0, 0.1) is 11.3 Å². The second-order valence-corrected chi connectivity index (χ2v) is 7.50. The summed E-state index contributed by atoms with van der Waals surface area (Å²) in [5, 5.41) is 14.7. The molecule has 0 unspecified atom stereocenters. The molecule has 3 heterocycles. The highest BCUT2D eigenvalue weighted by Gasteiger charge is 2.47. The van der Waals surface area contributed by atoms with Crippen LogP contribution in [0.5, 0.6) is 0 Å². The van der Waals surface area contributed by atoms with Crippen LogP contribution in [0.4, 0.5) is 14.5 Å². The van der Waals surface area contributed by atoms with Crippen molar-refractivity contribution in [2.24, 2.45) is 0 Å². The number of aromatic nitrogens is 1. The normalized spacial score (nSPS) is 24.4. The average molecular weight is 385 g/mol.